The van der Waals surface area contributed by atoms with Gasteiger partial charge in [-0.05, 0) is 42.2 Å². The molecule has 0 spiro atoms. The van der Waals surface area contributed by atoms with Crippen LogP contribution < -0.4 is 5.32 Å². The summed E-state index contributed by atoms with van der Waals surface area (Å²) in [5.41, 5.74) is 3.18. The predicted octanol–water partition coefficient (Wildman–Crippen LogP) is 3.40. The molecule has 0 aliphatic carbocycles. The van der Waals surface area contributed by atoms with E-state index < -0.39 is 0 Å². The minimum atomic E-state index is -0.0109. The maximum atomic E-state index is 12.1. The average molecular weight is 320 g/mol. The highest BCUT2D eigenvalue weighted by molar-refractivity contribution is 5.90. The van der Waals surface area contributed by atoms with E-state index >= 15 is 0 Å². The van der Waals surface area contributed by atoms with Gasteiger partial charge in [0.15, 0.2) is 5.82 Å². The summed E-state index contributed by atoms with van der Waals surface area (Å²) in [6.07, 6.45) is 7.38. The van der Waals surface area contributed by atoms with Crippen LogP contribution in [0.5, 0.6) is 0 Å². The molecule has 0 atom stereocenters. The van der Waals surface area contributed by atoms with Gasteiger partial charge in [-0.1, -0.05) is 31.2 Å². The quantitative estimate of drug-likeness (QED) is 0.757. The summed E-state index contributed by atoms with van der Waals surface area (Å²) in [7, 11) is 0. The number of pyridine rings is 1. The van der Waals surface area contributed by atoms with Gasteiger partial charge in [0.2, 0.25) is 5.91 Å². The molecule has 0 aliphatic rings. The summed E-state index contributed by atoms with van der Waals surface area (Å²) in [4.78, 5) is 16.4. The van der Waals surface area contributed by atoms with Crippen molar-refractivity contribution in [3.63, 3.8) is 0 Å². The van der Waals surface area contributed by atoms with Crippen LogP contribution in [0.2, 0.25) is 0 Å². The summed E-state index contributed by atoms with van der Waals surface area (Å²) >= 11 is 0. The van der Waals surface area contributed by atoms with Crippen molar-refractivity contribution in [1.82, 2.24) is 14.8 Å². The molecule has 0 radical (unpaired) electrons. The normalized spacial score (nSPS) is 10.5. The van der Waals surface area contributed by atoms with Gasteiger partial charge >= 0.3 is 0 Å². The molecule has 5 nitrogen and oxygen atoms in total. The fourth-order valence-corrected chi connectivity index (χ4v) is 2.42. The first-order chi connectivity index (χ1) is 11.7. The summed E-state index contributed by atoms with van der Waals surface area (Å²) in [5.74, 6) is 0.706. The molecule has 1 amide bonds. The average Bonchev–Trinajstić information content (AvgIpc) is 3.16. The highest BCUT2D eigenvalue weighted by atomic mass is 16.1. The van der Waals surface area contributed by atoms with Crippen LogP contribution in [0.4, 0.5) is 5.69 Å². The van der Waals surface area contributed by atoms with Crippen LogP contribution >= 0.6 is 0 Å². The number of anilines is 1. The first-order valence-electron chi connectivity index (χ1n) is 8.08. The number of rotatable bonds is 6. The molecule has 5 heteroatoms. The molecule has 0 fully saturated rings. The Balaban J connectivity index is 1.52. The third kappa shape index (κ3) is 4.07. The molecule has 0 bridgehead atoms. The Hall–Kier alpha value is -2.95. The van der Waals surface area contributed by atoms with Gasteiger partial charge in [-0.2, -0.15) is 5.10 Å². The van der Waals surface area contributed by atoms with Crippen molar-refractivity contribution in [3.05, 3.63) is 72.2 Å². The number of aromatic nitrogens is 3. The monoisotopic (exact) mass is 320 g/mol. The Morgan fingerprint density at radius 3 is 2.54 bits per heavy atom. The molecule has 0 saturated heterocycles. The zero-order chi connectivity index (χ0) is 16.8. The first-order valence-corrected chi connectivity index (χ1v) is 8.08. The lowest BCUT2D eigenvalue weighted by Gasteiger charge is -2.07. The Kier molecular flexibility index (Phi) is 5.01. The minimum Gasteiger partial charge on any atom is -0.325 e. The molecule has 2 aromatic heterocycles. The SMILES string of the molecule is CCc1ccc(CCC(=O)Nc2ccc(-n3cccn3)nc2)cc1. The maximum Gasteiger partial charge on any atom is 0.224 e. The fourth-order valence-electron chi connectivity index (χ4n) is 2.42. The van der Waals surface area contributed by atoms with Crippen LogP contribution in [-0.2, 0) is 17.6 Å². The highest BCUT2D eigenvalue weighted by Gasteiger charge is 2.05. The van der Waals surface area contributed by atoms with E-state index in [-0.39, 0.29) is 5.91 Å². The largest absolute Gasteiger partial charge is 0.325 e. The van der Waals surface area contributed by atoms with E-state index in [1.807, 2.05) is 24.4 Å². The van der Waals surface area contributed by atoms with Crippen molar-refractivity contribution in [2.75, 3.05) is 5.32 Å². The second-order valence-corrected chi connectivity index (χ2v) is 5.57. The van der Waals surface area contributed by atoms with E-state index in [0.717, 1.165) is 12.8 Å². The van der Waals surface area contributed by atoms with E-state index in [9.17, 15) is 4.79 Å². The molecule has 0 aliphatic heterocycles. The van der Waals surface area contributed by atoms with Gasteiger partial charge in [-0.25, -0.2) is 9.67 Å². The van der Waals surface area contributed by atoms with Crippen LogP contribution in [-0.4, -0.2) is 20.7 Å². The van der Waals surface area contributed by atoms with E-state index in [1.165, 1.54) is 11.1 Å². The Bertz CT molecular complexity index is 777. The predicted molar refractivity (Wildman–Crippen MR) is 94.1 cm³/mol. The molecule has 122 valence electrons. The number of carbonyl (C=O) groups excluding carboxylic acids is 1. The van der Waals surface area contributed by atoms with Crippen LogP contribution in [0, 0.1) is 0 Å². The molecular weight excluding hydrogens is 300 g/mol. The first kappa shape index (κ1) is 15.9. The minimum absolute atomic E-state index is 0.0109. The molecule has 0 unspecified atom stereocenters. The lowest BCUT2D eigenvalue weighted by Crippen LogP contribution is -2.12. The molecule has 24 heavy (non-hydrogen) atoms. The second kappa shape index (κ2) is 7.55. The second-order valence-electron chi connectivity index (χ2n) is 5.57. The van der Waals surface area contributed by atoms with Crippen molar-refractivity contribution in [1.29, 1.82) is 0 Å². The number of carbonyl (C=O) groups is 1. The van der Waals surface area contributed by atoms with Gasteiger partial charge < -0.3 is 5.32 Å². The third-order valence-corrected chi connectivity index (χ3v) is 3.84. The number of benzene rings is 1. The molecule has 3 rings (SSSR count). The molecule has 1 aromatic carbocycles. The van der Waals surface area contributed by atoms with Crippen molar-refractivity contribution in [3.8, 4) is 5.82 Å². The van der Waals surface area contributed by atoms with Gasteiger partial charge in [-0.3, -0.25) is 4.79 Å². The summed E-state index contributed by atoms with van der Waals surface area (Å²) in [6, 6.07) is 13.9. The highest BCUT2D eigenvalue weighted by Crippen LogP contribution is 2.11. The smallest absolute Gasteiger partial charge is 0.224 e. The number of nitrogens with zero attached hydrogens (tertiary/aromatic N) is 3. The number of hydrogen-bond acceptors (Lipinski definition) is 3. The van der Waals surface area contributed by atoms with Gasteiger partial charge in [0.05, 0.1) is 11.9 Å². The molecule has 2 heterocycles. The Labute approximate surface area is 141 Å². The number of hydrogen-bond donors (Lipinski definition) is 1. The zero-order valence-corrected chi connectivity index (χ0v) is 13.6. The summed E-state index contributed by atoms with van der Waals surface area (Å²) in [5, 5.41) is 7.00. The van der Waals surface area contributed by atoms with Crippen molar-refractivity contribution >= 4 is 11.6 Å². The van der Waals surface area contributed by atoms with Crippen molar-refractivity contribution in [2.45, 2.75) is 26.2 Å². The van der Waals surface area contributed by atoms with E-state index in [0.29, 0.717) is 17.9 Å². The Morgan fingerprint density at radius 2 is 1.92 bits per heavy atom. The van der Waals surface area contributed by atoms with Gasteiger partial charge in [0.25, 0.3) is 0 Å². The van der Waals surface area contributed by atoms with Crippen LogP contribution in [0.3, 0.4) is 0 Å². The summed E-state index contributed by atoms with van der Waals surface area (Å²) < 4.78 is 1.67. The number of nitrogens with one attached hydrogen (secondary N) is 1. The fraction of sp³-hybridized carbons (Fsp3) is 0.211. The van der Waals surface area contributed by atoms with E-state index in [1.54, 1.807) is 17.1 Å². The standard InChI is InChI=1S/C19H20N4O/c1-2-15-4-6-16(7-5-15)8-11-19(24)22-17-9-10-18(20-14-17)23-13-3-12-21-23/h3-7,9-10,12-14H,2,8,11H2,1H3,(H,22,24). The topological polar surface area (TPSA) is 59.8 Å². The van der Waals surface area contributed by atoms with Crippen LogP contribution in [0.25, 0.3) is 5.82 Å². The molecule has 0 saturated carbocycles. The zero-order valence-electron chi connectivity index (χ0n) is 13.6. The van der Waals surface area contributed by atoms with Crippen LogP contribution in [0.1, 0.15) is 24.5 Å². The Morgan fingerprint density at radius 1 is 1.12 bits per heavy atom. The van der Waals surface area contributed by atoms with E-state index in [2.05, 4.69) is 46.6 Å². The van der Waals surface area contributed by atoms with E-state index in [4.69, 9.17) is 0 Å². The molecule has 1 N–H and O–H groups in total. The number of aryl methyl sites for hydroxylation is 2. The van der Waals surface area contributed by atoms with Gasteiger partial charge in [0.1, 0.15) is 0 Å². The number of amides is 1. The van der Waals surface area contributed by atoms with Crippen molar-refractivity contribution in [2.24, 2.45) is 0 Å². The maximum absolute atomic E-state index is 12.1. The van der Waals surface area contributed by atoms with Gasteiger partial charge in [-0.15, -0.1) is 0 Å². The summed E-state index contributed by atoms with van der Waals surface area (Å²) in [6.45, 7) is 2.13. The van der Waals surface area contributed by atoms with Crippen LogP contribution in [0.15, 0.2) is 61.1 Å². The molecular formula is C19H20N4O. The molecule has 3 aromatic rings. The lowest BCUT2D eigenvalue weighted by molar-refractivity contribution is -0.116. The lowest BCUT2D eigenvalue weighted by atomic mass is 10.1. The van der Waals surface area contributed by atoms with Gasteiger partial charge in [0, 0.05) is 18.8 Å². The third-order valence-electron chi connectivity index (χ3n) is 3.84. The van der Waals surface area contributed by atoms with Crippen molar-refractivity contribution < 1.29 is 4.79 Å².